The maximum Gasteiger partial charge on any atom is 0.250 e. The van der Waals surface area contributed by atoms with Gasteiger partial charge in [-0.2, -0.15) is 0 Å². The van der Waals surface area contributed by atoms with Gasteiger partial charge in [-0.05, 0) is 12.1 Å². The summed E-state index contributed by atoms with van der Waals surface area (Å²) in [5.74, 6) is 0.418. The van der Waals surface area contributed by atoms with Crippen molar-refractivity contribution >= 4 is 18.3 Å². The van der Waals surface area contributed by atoms with Crippen LogP contribution in [0, 0.1) is 0 Å². The molecule has 0 saturated carbocycles. The summed E-state index contributed by atoms with van der Waals surface area (Å²) in [6, 6.07) is 9.64. The van der Waals surface area contributed by atoms with E-state index in [4.69, 9.17) is 9.15 Å². The molecule has 2 N–H and O–H groups in total. The van der Waals surface area contributed by atoms with E-state index in [2.05, 4.69) is 15.6 Å². The Morgan fingerprint density at radius 2 is 2.18 bits per heavy atom. The van der Waals surface area contributed by atoms with Gasteiger partial charge in [-0.1, -0.05) is 18.2 Å². The molecule has 1 aliphatic rings. The molecular weight excluding hydrogens is 306 g/mol. The Bertz CT molecular complexity index is 597. The lowest BCUT2D eigenvalue weighted by molar-refractivity contribution is -0.134. The number of ether oxygens (including phenoxy) is 1. The molecule has 0 aliphatic carbocycles. The maximum atomic E-state index is 11.9. The second-order valence-electron chi connectivity index (χ2n) is 4.79. The summed E-state index contributed by atoms with van der Waals surface area (Å²) < 4.78 is 10.8. The van der Waals surface area contributed by atoms with E-state index < -0.39 is 6.10 Å². The summed E-state index contributed by atoms with van der Waals surface area (Å²) in [6.07, 6.45) is 1.13. The zero-order valence-corrected chi connectivity index (χ0v) is 12.8. The third kappa shape index (κ3) is 4.07. The van der Waals surface area contributed by atoms with Crippen LogP contribution in [0.25, 0.3) is 11.5 Å². The van der Waals surface area contributed by atoms with Crippen molar-refractivity contribution in [2.24, 2.45) is 0 Å². The number of carbonyl (C=O) groups is 1. The number of rotatable bonds is 4. The Hall–Kier alpha value is -1.89. The van der Waals surface area contributed by atoms with E-state index in [0.717, 1.165) is 12.1 Å². The Morgan fingerprint density at radius 1 is 1.36 bits per heavy atom. The lowest BCUT2D eigenvalue weighted by Gasteiger charge is -2.22. The summed E-state index contributed by atoms with van der Waals surface area (Å²) in [6.45, 7) is 2.21. The highest BCUT2D eigenvalue weighted by Gasteiger charge is 2.21. The molecule has 0 radical (unpaired) electrons. The smallest absolute Gasteiger partial charge is 0.250 e. The second kappa shape index (κ2) is 7.93. The molecule has 2 aromatic rings. The molecule has 22 heavy (non-hydrogen) atoms. The molecule has 1 saturated heterocycles. The van der Waals surface area contributed by atoms with E-state index in [9.17, 15) is 4.79 Å². The van der Waals surface area contributed by atoms with Crippen molar-refractivity contribution < 1.29 is 13.9 Å². The number of nitrogens with zero attached hydrogens (tertiary/aromatic N) is 1. The van der Waals surface area contributed by atoms with E-state index >= 15 is 0 Å². The van der Waals surface area contributed by atoms with Crippen molar-refractivity contribution in [3.8, 4) is 11.5 Å². The van der Waals surface area contributed by atoms with Gasteiger partial charge in [0.15, 0.2) is 0 Å². The number of hydrogen-bond acceptors (Lipinski definition) is 5. The minimum atomic E-state index is -0.431. The maximum absolute atomic E-state index is 11.9. The first-order valence-electron chi connectivity index (χ1n) is 6.93. The van der Waals surface area contributed by atoms with Crippen molar-refractivity contribution in [2.75, 3.05) is 19.7 Å². The van der Waals surface area contributed by atoms with Crippen molar-refractivity contribution in [2.45, 2.75) is 12.6 Å². The molecule has 1 aromatic heterocycles. The highest BCUT2D eigenvalue weighted by atomic mass is 35.5. The number of nitrogens with one attached hydrogen (secondary N) is 2. The molecule has 1 aliphatic heterocycles. The van der Waals surface area contributed by atoms with E-state index in [1.54, 1.807) is 6.26 Å². The van der Waals surface area contributed by atoms with Crippen LogP contribution in [-0.4, -0.2) is 36.7 Å². The summed E-state index contributed by atoms with van der Waals surface area (Å²) in [7, 11) is 0. The number of oxazole rings is 1. The van der Waals surface area contributed by atoms with Crippen LogP contribution in [0.1, 0.15) is 5.69 Å². The van der Waals surface area contributed by atoms with Gasteiger partial charge in [0.1, 0.15) is 12.4 Å². The minimum Gasteiger partial charge on any atom is -0.444 e. The Morgan fingerprint density at radius 3 is 2.91 bits per heavy atom. The van der Waals surface area contributed by atoms with E-state index in [1.807, 2.05) is 30.3 Å². The normalized spacial score (nSPS) is 17.5. The van der Waals surface area contributed by atoms with Gasteiger partial charge in [0, 0.05) is 18.7 Å². The van der Waals surface area contributed by atoms with Crippen LogP contribution in [0.3, 0.4) is 0 Å². The fourth-order valence-electron chi connectivity index (χ4n) is 2.13. The van der Waals surface area contributed by atoms with Crippen LogP contribution in [0.2, 0.25) is 0 Å². The number of amides is 1. The molecule has 1 fully saturated rings. The molecule has 2 heterocycles. The summed E-state index contributed by atoms with van der Waals surface area (Å²) in [5, 5.41) is 5.93. The first kappa shape index (κ1) is 16.5. The van der Waals surface area contributed by atoms with E-state index in [-0.39, 0.29) is 18.3 Å². The number of carbonyl (C=O) groups excluding carboxylic acids is 1. The van der Waals surface area contributed by atoms with Crippen molar-refractivity contribution in [3.63, 3.8) is 0 Å². The molecule has 0 spiro atoms. The monoisotopic (exact) mass is 323 g/mol. The van der Waals surface area contributed by atoms with Gasteiger partial charge >= 0.3 is 0 Å². The topological polar surface area (TPSA) is 76.4 Å². The van der Waals surface area contributed by atoms with Crippen LogP contribution in [0.5, 0.6) is 0 Å². The van der Waals surface area contributed by atoms with Crippen molar-refractivity contribution in [1.29, 1.82) is 0 Å². The van der Waals surface area contributed by atoms with Gasteiger partial charge < -0.3 is 19.8 Å². The van der Waals surface area contributed by atoms with Crippen molar-refractivity contribution in [3.05, 3.63) is 42.3 Å². The summed E-state index contributed by atoms with van der Waals surface area (Å²) in [4.78, 5) is 16.3. The largest absolute Gasteiger partial charge is 0.444 e. The van der Waals surface area contributed by atoms with Gasteiger partial charge in [0.2, 0.25) is 5.89 Å². The minimum absolute atomic E-state index is 0. The number of morpholine rings is 1. The number of aromatic nitrogens is 1. The molecule has 1 unspecified atom stereocenters. The zero-order valence-electron chi connectivity index (χ0n) is 12.0. The molecule has 118 valence electrons. The molecule has 1 aromatic carbocycles. The van der Waals surface area contributed by atoms with Crippen LogP contribution in [-0.2, 0) is 16.1 Å². The SMILES string of the molecule is Cl.O=C(NCc1coc(-c2ccccc2)n1)C1CNCCO1. The third-order valence-electron chi connectivity index (χ3n) is 3.24. The van der Waals surface area contributed by atoms with Crippen molar-refractivity contribution in [1.82, 2.24) is 15.6 Å². The Labute approximate surface area is 134 Å². The fraction of sp³-hybridized carbons (Fsp3) is 0.333. The number of hydrogen-bond donors (Lipinski definition) is 2. The fourth-order valence-corrected chi connectivity index (χ4v) is 2.13. The first-order chi connectivity index (χ1) is 10.3. The molecule has 0 bridgehead atoms. The standard InChI is InChI=1S/C15H17N3O3.ClH/c19-14(13-9-16-6-7-20-13)17-8-12-10-21-15(18-12)11-4-2-1-3-5-11;/h1-5,10,13,16H,6-9H2,(H,17,19);1H. The summed E-state index contributed by atoms with van der Waals surface area (Å²) in [5.41, 5.74) is 1.60. The third-order valence-corrected chi connectivity index (χ3v) is 3.24. The Kier molecular flexibility index (Phi) is 5.94. The van der Waals surface area contributed by atoms with Crippen LogP contribution in [0.15, 0.2) is 41.0 Å². The molecule has 1 atom stereocenters. The van der Waals surface area contributed by atoms with Gasteiger partial charge in [-0.15, -0.1) is 12.4 Å². The number of halogens is 1. The molecule has 7 heteroatoms. The highest BCUT2D eigenvalue weighted by Crippen LogP contribution is 2.17. The number of benzene rings is 1. The van der Waals surface area contributed by atoms with Gasteiger partial charge in [-0.3, -0.25) is 4.79 Å². The van der Waals surface area contributed by atoms with Crippen LogP contribution in [0.4, 0.5) is 0 Å². The average Bonchev–Trinajstić information content (AvgIpc) is 3.03. The molecule has 6 nitrogen and oxygen atoms in total. The average molecular weight is 324 g/mol. The Balaban J connectivity index is 0.00000176. The molecular formula is C15H18ClN3O3. The van der Waals surface area contributed by atoms with E-state index in [1.165, 1.54) is 0 Å². The first-order valence-corrected chi connectivity index (χ1v) is 6.93. The molecule has 3 rings (SSSR count). The highest BCUT2D eigenvalue weighted by molar-refractivity contribution is 5.85. The lowest BCUT2D eigenvalue weighted by atomic mass is 10.2. The van der Waals surface area contributed by atoms with Gasteiger partial charge in [0.05, 0.1) is 18.8 Å². The van der Waals surface area contributed by atoms with E-state index in [0.29, 0.717) is 31.3 Å². The lowest BCUT2D eigenvalue weighted by Crippen LogP contribution is -2.47. The van der Waals surface area contributed by atoms with Crippen LogP contribution >= 0.6 is 12.4 Å². The zero-order chi connectivity index (χ0) is 14.5. The van der Waals surface area contributed by atoms with Gasteiger partial charge in [-0.25, -0.2) is 4.98 Å². The molecule has 1 amide bonds. The predicted octanol–water partition coefficient (Wildman–Crippen LogP) is 1.37. The summed E-state index contributed by atoms with van der Waals surface area (Å²) >= 11 is 0. The van der Waals surface area contributed by atoms with Gasteiger partial charge in [0.25, 0.3) is 5.91 Å². The van der Waals surface area contributed by atoms with Crippen LogP contribution < -0.4 is 10.6 Å². The second-order valence-corrected chi connectivity index (χ2v) is 4.79. The quantitative estimate of drug-likeness (QED) is 0.888. The predicted molar refractivity (Wildman–Crippen MR) is 83.6 cm³/mol.